The van der Waals surface area contributed by atoms with E-state index in [2.05, 4.69) is 16.9 Å². The Labute approximate surface area is 161 Å². The molecule has 0 amide bonds. The van der Waals surface area contributed by atoms with Gasteiger partial charge in [0.05, 0.1) is 16.2 Å². The highest BCUT2D eigenvalue weighted by molar-refractivity contribution is 5.89. The van der Waals surface area contributed by atoms with E-state index in [1.54, 1.807) is 13.0 Å². The van der Waals surface area contributed by atoms with E-state index < -0.39 is 10.9 Å². The van der Waals surface area contributed by atoms with E-state index in [0.29, 0.717) is 17.9 Å². The first-order valence-corrected chi connectivity index (χ1v) is 8.76. The van der Waals surface area contributed by atoms with E-state index in [4.69, 9.17) is 14.6 Å². The first-order valence-electron chi connectivity index (χ1n) is 8.76. The molecule has 1 aliphatic rings. The van der Waals surface area contributed by atoms with Gasteiger partial charge in [0.2, 0.25) is 5.69 Å². The Morgan fingerprint density at radius 2 is 2.32 bits per heavy atom. The van der Waals surface area contributed by atoms with E-state index in [1.807, 2.05) is 0 Å². The molecule has 0 bridgehead atoms. The highest BCUT2D eigenvalue weighted by atomic mass is 16.7. The number of carboxylic acid groups (broad SMARTS) is 1. The molecule has 2 heterocycles. The lowest BCUT2D eigenvalue weighted by Crippen LogP contribution is -2.22. The van der Waals surface area contributed by atoms with Crippen LogP contribution in [0.2, 0.25) is 0 Å². The average Bonchev–Trinajstić information content (AvgIpc) is 3.10. The Kier molecular flexibility index (Phi) is 6.03. The molecule has 2 aromatic rings. The summed E-state index contributed by atoms with van der Waals surface area (Å²) in [6.07, 6.45) is 3.83. The van der Waals surface area contributed by atoms with Gasteiger partial charge < -0.3 is 14.6 Å². The molecule has 3 rings (SSSR count). The van der Waals surface area contributed by atoms with E-state index in [1.165, 1.54) is 23.0 Å². The molecule has 1 unspecified atom stereocenters. The second-order valence-corrected chi connectivity index (χ2v) is 6.28. The van der Waals surface area contributed by atoms with Crippen LogP contribution in [0.1, 0.15) is 40.9 Å². The number of rotatable bonds is 5. The van der Waals surface area contributed by atoms with Crippen molar-refractivity contribution in [2.75, 3.05) is 13.2 Å². The lowest BCUT2D eigenvalue weighted by Gasteiger charge is -2.21. The third kappa shape index (κ3) is 4.54. The van der Waals surface area contributed by atoms with Gasteiger partial charge in [0.1, 0.15) is 12.8 Å². The number of aromatic nitrogens is 2. The number of aryl methyl sites for hydroxylation is 1. The van der Waals surface area contributed by atoms with Crippen LogP contribution in [0, 0.1) is 28.9 Å². The largest absolute Gasteiger partial charge is 0.478 e. The predicted octanol–water partition coefficient (Wildman–Crippen LogP) is 2.68. The van der Waals surface area contributed by atoms with Crippen LogP contribution >= 0.6 is 0 Å². The zero-order valence-electron chi connectivity index (χ0n) is 15.3. The van der Waals surface area contributed by atoms with Crippen molar-refractivity contribution in [1.82, 2.24) is 9.78 Å². The number of hydrogen-bond donors (Lipinski definition) is 1. The van der Waals surface area contributed by atoms with Crippen molar-refractivity contribution in [3.63, 3.8) is 0 Å². The molecule has 1 N–H and O–H groups in total. The molecule has 28 heavy (non-hydrogen) atoms. The molecule has 1 aromatic heterocycles. The minimum absolute atomic E-state index is 0.0122. The summed E-state index contributed by atoms with van der Waals surface area (Å²) in [7, 11) is 0. The molecule has 0 spiro atoms. The number of benzene rings is 1. The number of hydrogen-bond acceptors (Lipinski definition) is 6. The summed E-state index contributed by atoms with van der Waals surface area (Å²) >= 11 is 0. The number of aromatic carboxylic acids is 1. The van der Waals surface area contributed by atoms with Gasteiger partial charge >= 0.3 is 11.7 Å². The topological polar surface area (TPSA) is 117 Å². The monoisotopic (exact) mass is 385 g/mol. The summed E-state index contributed by atoms with van der Waals surface area (Å²) in [5.74, 6) is 4.37. The summed E-state index contributed by atoms with van der Waals surface area (Å²) in [6, 6.07) is 4.57. The summed E-state index contributed by atoms with van der Waals surface area (Å²) in [4.78, 5) is 21.9. The maximum atomic E-state index is 11.3. The zero-order valence-corrected chi connectivity index (χ0v) is 15.3. The summed E-state index contributed by atoms with van der Waals surface area (Å²) in [5.41, 5.74) is 0.967. The number of carboxylic acids is 1. The van der Waals surface area contributed by atoms with Crippen LogP contribution in [0.5, 0.6) is 0 Å². The molecule has 146 valence electrons. The fraction of sp³-hybridized carbons (Fsp3) is 0.368. The van der Waals surface area contributed by atoms with Crippen LogP contribution in [0.3, 0.4) is 0 Å². The molecule has 0 radical (unpaired) electrons. The highest BCUT2D eigenvalue weighted by Gasteiger charge is 2.19. The number of nitro groups is 1. The SMILES string of the molecule is Cc1cc(-n2cc([N+](=O)[O-])c(C#CCOC3CCCCO3)n2)ccc1C(=O)O. The van der Waals surface area contributed by atoms with Gasteiger partial charge in [0.15, 0.2) is 6.29 Å². The lowest BCUT2D eigenvalue weighted by atomic mass is 10.1. The normalized spacial score (nSPS) is 16.2. The van der Waals surface area contributed by atoms with E-state index in [0.717, 1.165) is 19.3 Å². The Hall–Kier alpha value is -3.22. The van der Waals surface area contributed by atoms with Crippen LogP contribution in [-0.4, -0.2) is 45.3 Å². The van der Waals surface area contributed by atoms with Crippen molar-refractivity contribution in [3.05, 3.63) is 51.3 Å². The molecule has 1 fully saturated rings. The van der Waals surface area contributed by atoms with Gasteiger partial charge in [-0.3, -0.25) is 10.1 Å². The first kappa shape index (κ1) is 19.5. The van der Waals surface area contributed by atoms with Crippen LogP contribution in [0.25, 0.3) is 5.69 Å². The smallest absolute Gasteiger partial charge is 0.335 e. The van der Waals surface area contributed by atoms with Crippen LogP contribution < -0.4 is 0 Å². The molecule has 0 aliphatic carbocycles. The quantitative estimate of drug-likeness (QED) is 0.478. The minimum Gasteiger partial charge on any atom is -0.478 e. The van der Waals surface area contributed by atoms with Crippen molar-refractivity contribution in [1.29, 1.82) is 0 Å². The van der Waals surface area contributed by atoms with Gasteiger partial charge in [0, 0.05) is 6.61 Å². The fourth-order valence-electron chi connectivity index (χ4n) is 2.85. The highest BCUT2D eigenvalue weighted by Crippen LogP contribution is 2.21. The van der Waals surface area contributed by atoms with Gasteiger partial charge in [0.25, 0.3) is 0 Å². The number of ether oxygens (including phenoxy) is 2. The summed E-state index contributed by atoms with van der Waals surface area (Å²) in [6.45, 7) is 2.39. The number of carbonyl (C=O) groups is 1. The predicted molar refractivity (Wildman–Crippen MR) is 98.3 cm³/mol. The van der Waals surface area contributed by atoms with Crippen LogP contribution in [0.4, 0.5) is 5.69 Å². The Bertz CT molecular complexity index is 950. The molecular formula is C19H19N3O6. The van der Waals surface area contributed by atoms with Gasteiger partial charge in [-0.2, -0.15) is 5.10 Å². The molecule has 1 saturated heterocycles. The van der Waals surface area contributed by atoms with Gasteiger partial charge in [-0.1, -0.05) is 5.92 Å². The third-order valence-electron chi connectivity index (χ3n) is 4.28. The van der Waals surface area contributed by atoms with Crippen molar-refractivity contribution < 1.29 is 24.3 Å². The lowest BCUT2D eigenvalue weighted by molar-refractivity contribution is -0.385. The van der Waals surface area contributed by atoms with Gasteiger partial charge in [-0.05, 0) is 55.9 Å². The standard InChI is InChI=1S/C19H19N3O6/c1-13-11-14(7-8-15(13)19(23)24)21-12-17(22(25)26)16(20-21)5-4-10-28-18-6-2-3-9-27-18/h7-8,11-12,18H,2-3,6,9-10H2,1H3,(H,23,24). The third-order valence-corrected chi connectivity index (χ3v) is 4.28. The average molecular weight is 385 g/mol. The second kappa shape index (κ2) is 8.65. The fourth-order valence-corrected chi connectivity index (χ4v) is 2.85. The van der Waals surface area contributed by atoms with Crippen molar-refractivity contribution in [2.45, 2.75) is 32.5 Å². The molecule has 9 heteroatoms. The molecule has 1 aliphatic heterocycles. The molecule has 1 aromatic carbocycles. The summed E-state index contributed by atoms with van der Waals surface area (Å²) < 4.78 is 12.2. The van der Waals surface area contributed by atoms with E-state index >= 15 is 0 Å². The molecule has 0 saturated carbocycles. The van der Waals surface area contributed by atoms with Crippen molar-refractivity contribution in [2.24, 2.45) is 0 Å². The van der Waals surface area contributed by atoms with Crippen LogP contribution in [-0.2, 0) is 9.47 Å². The Morgan fingerprint density at radius 3 is 2.96 bits per heavy atom. The zero-order chi connectivity index (χ0) is 20.1. The Morgan fingerprint density at radius 1 is 1.50 bits per heavy atom. The van der Waals surface area contributed by atoms with E-state index in [9.17, 15) is 14.9 Å². The minimum atomic E-state index is -1.04. The molecule has 1 atom stereocenters. The second-order valence-electron chi connectivity index (χ2n) is 6.28. The summed E-state index contributed by atoms with van der Waals surface area (Å²) in [5, 5.41) is 24.6. The first-order chi connectivity index (χ1) is 13.5. The van der Waals surface area contributed by atoms with Crippen molar-refractivity contribution in [3.8, 4) is 17.5 Å². The van der Waals surface area contributed by atoms with Crippen molar-refractivity contribution >= 4 is 11.7 Å². The Balaban J connectivity index is 1.78. The van der Waals surface area contributed by atoms with Gasteiger partial charge in [-0.15, -0.1) is 0 Å². The number of nitrogens with zero attached hydrogens (tertiary/aromatic N) is 3. The van der Waals surface area contributed by atoms with Gasteiger partial charge in [-0.25, -0.2) is 9.48 Å². The molecular weight excluding hydrogens is 366 g/mol. The maximum absolute atomic E-state index is 11.3. The van der Waals surface area contributed by atoms with E-state index in [-0.39, 0.29) is 29.8 Å². The molecule has 9 nitrogen and oxygen atoms in total. The maximum Gasteiger partial charge on any atom is 0.335 e. The van der Waals surface area contributed by atoms with Crippen LogP contribution in [0.15, 0.2) is 24.4 Å².